The van der Waals surface area contributed by atoms with Crippen LogP contribution in [0.4, 0.5) is 11.9 Å². The topological polar surface area (TPSA) is 92.9 Å². The van der Waals surface area contributed by atoms with Gasteiger partial charge in [-0.05, 0) is 32.6 Å². The number of hydrogen-bond donors (Lipinski definition) is 0. The monoisotopic (exact) mass is 402 g/mol. The Labute approximate surface area is 173 Å². The molecule has 2 heterocycles. The van der Waals surface area contributed by atoms with E-state index in [2.05, 4.69) is 47.8 Å². The first-order valence-electron chi connectivity index (χ1n) is 10.7. The maximum atomic E-state index is 11.8. The van der Waals surface area contributed by atoms with Gasteiger partial charge >= 0.3 is 0 Å². The highest BCUT2D eigenvalue weighted by Gasteiger charge is 2.21. The molecule has 0 aliphatic carbocycles. The van der Waals surface area contributed by atoms with E-state index in [4.69, 9.17) is 15.0 Å². The molecule has 0 atom stereocenters. The molecule has 0 saturated heterocycles. The van der Waals surface area contributed by atoms with Gasteiger partial charge in [0.25, 0.3) is 5.95 Å². The second-order valence-corrected chi connectivity index (χ2v) is 7.20. The maximum Gasteiger partial charge on any atom is 0.258 e. The number of Topliss-reactive ketones (excluding diaryl/α,β-unsaturated/α-hetero) is 1. The van der Waals surface area contributed by atoms with Gasteiger partial charge in [0, 0.05) is 33.1 Å². The summed E-state index contributed by atoms with van der Waals surface area (Å²) in [6.45, 7) is 15.4. The first-order chi connectivity index (χ1) is 14.0. The molecule has 0 bridgehead atoms. The SMILES string of the molecule is CCCN(CCC)c1nc(N(CCC)CCC)nc(-n2nnc(C(C)=O)c2C)n1. The smallest absolute Gasteiger partial charge is 0.258 e. The van der Waals surface area contributed by atoms with Gasteiger partial charge in [0.05, 0.1) is 5.69 Å². The number of rotatable bonds is 12. The Hall–Kier alpha value is -2.58. The zero-order valence-corrected chi connectivity index (χ0v) is 18.6. The fourth-order valence-corrected chi connectivity index (χ4v) is 3.27. The highest BCUT2D eigenvalue weighted by Crippen LogP contribution is 2.19. The quantitative estimate of drug-likeness (QED) is 0.500. The van der Waals surface area contributed by atoms with Gasteiger partial charge in [-0.15, -0.1) is 5.10 Å². The zero-order chi connectivity index (χ0) is 21.4. The molecule has 0 aliphatic heterocycles. The van der Waals surface area contributed by atoms with Crippen LogP contribution in [0.5, 0.6) is 0 Å². The molecular formula is C20H34N8O. The van der Waals surface area contributed by atoms with Crippen LogP contribution in [0.2, 0.25) is 0 Å². The molecular weight excluding hydrogens is 368 g/mol. The summed E-state index contributed by atoms with van der Waals surface area (Å²) in [7, 11) is 0. The Balaban J connectivity index is 2.61. The average molecular weight is 403 g/mol. The molecule has 2 aromatic rings. The van der Waals surface area contributed by atoms with Gasteiger partial charge in [0.1, 0.15) is 0 Å². The molecule has 2 aromatic heterocycles. The highest BCUT2D eigenvalue weighted by molar-refractivity contribution is 5.93. The van der Waals surface area contributed by atoms with Gasteiger partial charge < -0.3 is 9.80 Å². The lowest BCUT2D eigenvalue weighted by atomic mass is 10.2. The second-order valence-electron chi connectivity index (χ2n) is 7.20. The van der Waals surface area contributed by atoms with Gasteiger partial charge in [-0.2, -0.15) is 19.6 Å². The van der Waals surface area contributed by atoms with Crippen molar-refractivity contribution < 1.29 is 4.79 Å². The number of aromatic nitrogens is 6. The first-order valence-corrected chi connectivity index (χ1v) is 10.7. The van der Waals surface area contributed by atoms with E-state index >= 15 is 0 Å². The third kappa shape index (κ3) is 5.48. The van der Waals surface area contributed by atoms with Crippen molar-refractivity contribution in [3.63, 3.8) is 0 Å². The van der Waals surface area contributed by atoms with Crippen LogP contribution in [0.3, 0.4) is 0 Å². The van der Waals surface area contributed by atoms with E-state index in [1.165, 1.54) is 11.6 Å². The van der Waals surface area contributed by atoms with Gasteiger partial charge in [-0.3, -0.25) is 4.79 Å². The van der Waals surface area contributed by atoms with Crippen LogP contribution in [0.25, 0.3) is 5.95 Å². The van der Waals surface area contributed by atoms with Crippen LogP contribution >= 0.6 is 0 Å². The van der Waals surface area contributed by atoms with Gasteiger partial charge in [0.2, 0.25) is 11.9 Å². The van der Waals surface area contributed by atoms with Crippen molar-refractivity contribution in [2.24, 2.45) is 0 Å². The minimum absolute atomic E-state index is 0.125. The van der Waals surface area contributed by atoms with E-state index < -0.39 is 0 Å². The lowest BCUT2D eigenvalue weighted by Gasteiger charge is -2.25. The third-order valence-corrected chi connectivity index (χ3v) is 4.56. The lowest BCUT2D eigenvalue weighted by molar-refractivity contribution is 0.101. The van der Waals surface area contributed by atoms with Crippen molar-refractivity contribution in [1.29, 1.82) is 0 Å². The first kappa shape index (κ1) is 22.7. The van der Waals surface area contributed by atoms with E-state index in [0.29, 0.717) is 29.2 Å². The molecule has 0 aromatic carbocycles. The van der Waals surface area contributed by atoms with E-state index in [-0.39, 0.29) is 5.78 Å². The van der Waals surface area contributed by atoms with Crippen molar-refractivity contribution in [3.05, 3.63) is 11.4 Å². The Morgan fingerprint density at radius 2 is 1.28 bits per heavy atom. The predicted octanol–water partition coefficient (Wildman–Crippen LogP) is 3.22. The average Bonchev–Trinajstić information content (AvgIpc) is 3.09. The summed E-state index contributed by atoms with van der Waals surface area (Å²) in [6, 6.07) is 0. The Kier molecular flexibility index (Phi) is 8.48. The van der Waals surface area contributed by atoms with Crippen LogP contribution in [-0.4, -0.2) is 61.9 Å². The molecule has 0 amide bonds. The summed E-state index contributed by atoms with van der Waals surface area (Å²) in [5, 5.41) is 8.17. The van der Waals surface area contributed by atoms with Crippen molar-refractivity contribution in [2.75, 3.05) is 36.0 Å². The lowest BCUT2D eigenvalue weighted by Crippen LogP contribution is -2.31. The summed E-state index contributed by atoms with van der Waals surface area (Å²) in [5.41, 5.74) is 0.974. The zero-order valence-electron chi connectivity index (χ0n) is 18.6. The highest BCUT2D eigenvalue weighted by atomic mass is 16.1. The molecule has 0 radical (unpaired) electrons. The Morgan fingerprint density at radius 3 is 1.62 bits per heavy atom. The number of ketones is 1. The normalized spacial score (nSPS) is 11.0. The molecule has 9 nitrogen and oxygen atoms in total. The number of carbonyl (C=O) groups is 1. The fraction of sp³-hybridized carbons (Fsp3) is 0.700. The van der Waals surface area contributed by atoms with E-state index in [9.17, 15) is 4.79 Å². The molecule has 0 spiro atoms. The molecule has 2 rings (SSSR count). The molecule has 0 unspecified atom stereocenters. The minimum Gasteiger partial charge on any atom is -0.341 e. The number of hydrogen-bond acceptors (Lipinski definition) is 8. The van der Waals surface area contributed by atoms with Crippen LogP contribution in [0.1, 0.15) is 76.5 Å². The molecule has 0 saturated carbocycles. The van der Waals surface area contributed by atoms with Gasteiger partial charge in [0.15, 0.2) is 11.5 Å². The van der Waals surface area contributed by atoms with Crippen LogP contribution in [0, 0.1) is 6.92 Å². The summed E-state index contributed by atoms with van der Waals surface area (Å²) >= 11 is 0. The summed E-state index contributed by atoms with van der Waals surface area (Å²) in [4.78, 5) is 30.4. The summed E-state index contributed by atoms with van der Waals surface area (Å²) in [6.07, 6.45) is 4.00. The molecule has 0 aliphatic rings. The molecule has 9 heteroatoms. The van der Waals surface area contributed by atoms with E-state index in [1.807, 2.05) is 6.92 Å². The molecule has 29 heavy (non-hydrogen) atoms. The van der Waals surface area contributed by atoms with Crippen molar-refractivity contribution in [1.82, 2.24) is 29.9 Å². The number of anilines is 2. The number of nitrogens with zero attached hydrogens (tertiary/aromatic N) is 8. The summed E-state index contributed by atoms with van der Waals surface area (Å²) in [5.74, 6) is 1.56. The van der Waals surface area contributed by atoms with Crippen molar-refractivity contribution >= 4 is 17.7 Å². The minimum atomic E-state index is -0.125. The van der Waals surface area contributed by atoms with Crippen LogP contribution in [-0.2, 0) is 0 Å². The predicted molar refractivity (Wildman–Crippen MR) is 115 cm³/mol. The molecule has 160 valence electrons. The summed E-state index contributed by atoms with van der Waals surface area (Å²) < 4.78 is 1.54. The maximum absolute atomic E-state index is 11.8. The molecule has 0 N–H and O–H groups in total. The largest absolute Gasteiger partial charge is 0.341 e. The molecule has 0 fully saturated rings. The van der Waals surface area contributed by atoms with Crippen LogP contribution in [0.15, 0.2) is 0 Å². The second kappa shape index (κ2) is 10.8. The van der Waals surface area contributed by atoms with Crippen LogP contribution < -0.4 is 9.80 Å². The Bertz CT molecular complexity index is 758. The van der Waals surface area contributed by atoms with E-state index in [1.54, 1.807) is 0 Å². The standard InChI is InChI=1S/C20H34N8O/c1-7-11-26(12-8-2)18-21-19(27(13-9-3)14-10-4)23-20(22-18)28-15(5)17(16(6)29)24-25-28/h7-14H2,1-6H3. The van der Waals surface area contributed by atoms with Gasteiger partial charge in [-0.25, -0.2) is 0 Å². The third-order valence-electron chi connectivity index (χ3n) is 4.56. The van der Waals surface area contributed by atoms with Gasteiger partial charge in [-0.1, -0.05) is 32.9 Å². The van der Waals surface area contributed by atoms with Crippen molar-refractivity contribution in [2.45, 2.75) is 67.2 Å². The Morgan fingerprint density at radius 1 is 0.828 bits per heavy atom. The fourth-order valence-electron chi connectivity index (χ4n) is 3.27. The number of carbonyl (C=O) groups excluding carboxylic acids is 1. The van der Waals surface area contributed by atoms with E-state index in [0.717, 1.165) is 51.9 Å². The van der Waals surface area contributed by atoms with Crippen molar-refractivity contribution in [3.8, 4) is 5.95 Å².